The number of carbonyl (C=O) groups excluding carboxylic acids is 1. The van der Waals surface area contributed by atoms with Crippen LogP contribution in [0.15, 0.2) is 6.20 Å². The number of nitrogens with zero attached hydrogens (tertiary/aromatic N) is 2. The second kappa shape index (κ2) is 5.39. The Morgan fingerprint density at radius 3 is 2.85 bits per heavy atom. The molecule has 9 heteroatoms. The first kappa shape index (κ1) is 14.8. The molecule has 2 heterocycles. The number of halogens is 4. The largest absolute Gasteiger partial charge is 0.408 e. The number of anilines is 1. The summed E-state index contributed by atoms with van der Waals surface area (Å²) in [5.41, 5.74) is 0.414. The molecule has 0 aromatic carbocycles. The number of alkyl halides is 4. The van der Waals surface area contributed by atoms with Crippen molar-refractivity contribution in [2.45, 2.75) is 38.3 Å². The Balaban J connectivity index is 2.01. The van der Waals surface area contributed by atoms with Gasteiger partial charge in [-0.1, -0.05) is 0 Å². The molecular weight excluding hydrogens is 280 g/mol. The Kier molecular flexibility index (Phi) is 3.98. The van der Waals surface area contributed by atoms with E-state index < -0.39 is 30.8 Å². The maximum atomic E-state index is 13.0. The molecule has 0 spiro atoms. The molecule has 112 valence electrons. The van der Waals surface area contributed by atoms with E-state index in [1.54, 1.807) is 0 Å². The van der Waals surface area contributed by atoms with Gasteiger partial charge in [-0.2, -0.15) is 18.3 Å². The van der Waals surface area contributed by atoms with Gasteiger partial charge in [0, 0.05) is 24.7 Å². The first-order valence-electron chi connectivity index (χ1n) is 6.04. The second-order valence-electron chi connectivity index (χ2n) is 4.76. The van der Waals surface area contributed by atoms with Gasteiger partial charge in [0.1, 0.15) is 12.7 Å². The van der Waals surface area contributed by atoms with E-state index in [9.17, 15) is 22.4 Å². The van der Waals surface area contributed by atoms with Gasteiger partial charge in [-0.15, -0.1) is 0 Å². The van der Waals surface area contributed by atoms with Crippen LogP contribution in [0.25, 0.3) is 0 Å². The third kappa shape index (κ3) is 3.69. The van der Waals surface area contributed by atoms with Gasteiger partial charge in [-0.05, 0) is 6.92 Å². The fraction of sp³-hybridized carbons (Fsp3) is 0.636. The normalized spacial score (nSPS) is 23.1. The van der Waals surface area contributed by atoms with Gasteiger partial charge in [0.05, 0.1) is 6.04 Å². The van der Waals surface area contributed by atoms with Crippen molar-refractivity contribution in [2.24, 2.45) is 0 Å². The first-order valence-corrected chi connectivity index (χ1v) is 6.04. The van der Waals surface area contributed by atoms with E-state index in [1.807, 2.05) is 0 Å². The summed E-state index contributed by atoms with van der Waals surface area (Å²) in [4.78, 5) is 11.8. The Labute approximate surface area is 112 Å². The topological polar surface area (TPSA) is 59.0 Å². The highest BCUT2D eigenvalue weighted by atomic mass is 19.4. The molecule has 1 aliphatic rings. The molecule has 2 unspecified atom stereocenters. The van der Waals surface area contributed by atoms with Crippen molar-refractivity contribution in [2.75, 3.05) is 11.9 Å². The van der Waals surface area contributed by atoms with E-state index in [-0.39, 0.29) is 18.8 Å². The quantitative estimate of drug-likeness (QED) is 0.828. The molecule has 1 aromatic rings. The van der Waals surface area contributed by atoms with Crippen molar-refractivity contribution in [3.63, 3.8) is 0 Å². The average Bonchev–Trinajstić information content (AvgIpc) is 2.84. The number of aromatic nitrogens is 2. The van der Waals surface area contributed by atoms with Crippen LogP contribution >= 0.6 is 0 Å². The maximum absolute atomic E-state index is 13.0. The summed E-state index contributed by atoms with van der Waals surface area (Å²) in [7, 11) is 0. The number of carbonyl (C=O) groups is 1. The van der Waals surface area contributed by atoms with Gasteiger partial charge in [0.2, 0.25) is 5.91 Å². The molecule has 1 aliphatic heterocycles. The molecule has 5 nitrogen and oxygen atoms in total. The van der Waals surface area contributed by atoms with E-state index in [2.05, 4.69) is 15.7 Å². The maximum Gasteiger partial charge on any atom is 0.408 e. The third-order valence-corrected chi connectivity index (χ3v) is 2.92. The first-order chi connectivity index (χ1) is 9.24. The van der Waals surface area contributed by atoms with Gasteiger partial charge in [0.25, 0.3) is 0 Å². The van der Waals surface area contributed by atoms with E-state index in [0.717, 1.165) is 0 Å². The minimum atomic E-state index is -4.38. The van der Waals surface area contributed by atoms with Gasteiger partial charge < -0.3 is 10.6 Å². The molecule has 0 aliphatic carbocycles. The molecule has 1 fully saturated rings. The highest BCUT2D eigenvalue weighted by Gasteiger charge is 2.31. The smallest absolute Gasteiger partial charge is 0.308 e. The van der Waals surface area contributed by atoms with E-state index in [1.165, 1.54) is 13.1 Å². The van der Waals surface area contributed by atoms with Crippen molar-refractivity contribution in [3.05, 3.63) is 11.8 Å². The van der Waals surface area contributed by atoms with Crippen LogP contribution in [0.4, 0.5) is 23.4 Å². The van der Waals surface area contributed by atoms with Crippen molar-refractivity contribution >= 4 is 11.7 Å². The van der Waals surface area contributed by atoms with Crippen LogP contribution in [0.1, 0.15) is 12.0 Å². The lowest BCUT2D eigenvalue weighted by atomic mass is 10.2. The van der Waals surface area contributed by atoms with Crippen molar-refractivity contribution < 1.29 is 22.4 Å². The van der Waals surface area contributed by atoms with E-state index >= 15 is 0 Å². The number of aryl methyl sites for hydroxylation is 1. The molecular formula is C11H14F4N4O. The van der Waals surface area contributed by atoms with Crippen LogP contribution in [0.5, 0.6) is 0 Å². The van der Waals surface area contributed by atoms with Gasteiger partial charge in [-0.25, -0.2) is 4.39 Å². The van der Waals surface area contributed by atoms with Crippen LogP contribution in [0.3, 0.4) is 0 Å². The molecule has 20 heavy (non-hydrogen) atoms. The predicted molar refractivity (Wildman–Crippen MR) is 63.0 cm³/mol. The fourth-order valence-corrected chi connectivity index (χ4v) is 2.01. The number of hydrogen-bond donors (Lipinski definition) is 2. The summed E-state index contributed by atoms with van der Waals surface area (Å²) >= 11 is 0. The minimum absolute atomic E-state index is 0.0497. The van der Waals surface area contributed by atoms with Crippen molar-refractivity contribution in [1.29, 1.82) is 0 Å². The molecule has 2 N–H and O–H groups in total. The zero-order valence-corrected chi connectivity index (χ0v) is 10.7. The second-order valence-corrected chi connectivity index (χ2v) is 4.76. The number of rotatable bonds is 3. The predicted octanol–water partition coefficient (Wildman–Crippen LogP) is 1.39. The van der Waals surface area contributed by atoms with Crippen molar-refractivity contribution in [3.8, 4) is 0 Å². The van der Waals surface area contributed by atoms with E-state index in [4.69, 9.17) is 0 Å². The molecule has 0 saturated carbocycles. The summed E-state index contributed by atoms with van der Waals surface area (Å²) in [5, 5.41) is 8.77. The zero-order valence-electron chi connectivity index (χ0n) is 10.7. The average molecular weight is 294 g/mol. The Bertz CT molecular complexity index is 499. The molecule has 1 saturated heterocycles. The zero-order chi connectivity index (χ0) is 14.9. The van der Waals surface area contributed by atoms with Crippen LogP contribution in [-0.2, 0) is 11.3 Å². The van der Waals surface area contributed by atoms with Crippen molar-refractivity contribution in [1.82, 2.24) is 15.1 Å². The lowest BCUT2D eigenvalue weighted by molar-refractivity contribution is -0.142. The highest BCUT2D eigenvalue weighted by molar-refractivity contribution is 5.94. The molecule has 0 bridgehead atoms. The summed E-state index contributed by atoms with van der Waals surface area (Å²) < 4.78 is 50.4. The summed E-state index contributed by atoms with van der Waals surface area (Å²) in [5.74, 6) is -0.436. The Morgan fingerprint density at radius 2 is 2.30 bits per heavy atom. The van der Waals surface area contributed by atoms with Gasteiger partial charge in [0.15, 0.2) is 5.82 Å². The third-order valence-electron chi connectivity index (χ3n) is 2.92. The van der Waals surface area contributed by atoms with Crippen LogP contribution in [0.2, 0.25) is 0 Å². The number of hydrogen-bond acceptors (Lipinski definition) is 3. The SMILES string of the molecule is Cc1cn(CC(F)(F)F)nc1NC(=O)C1CC(F)CN1. The lowest BCUT2D eigenvalue weighted by Crippen LogP contribution is -2.35. The Hall–Kier alpha value is -1.64. The lowest BCUT2D eigenvalue weighted by Gasteiger charge is -2.09. The van der Waals surface area contributed by atoms with Gasteiger partial charge >= 0.3 is 6.18 Å². The highest BCUT2D eigenvalue weighted by Crippen LogP contribution is 2.20. The van der Waals surface area contributed by atoms with E-state index in [0.29, 0.717) is 10.2 Å². The number of amides is 1. The summed E-state index contributed by atoms with van der Waals surface area (Å²) in [6.45, 7) is 0.410. The van der Waals surface area contributed by atoms with Gasteiger partial charge in [-0.3, -0.25) is 9.48 Å². The van der Waals surface area contributed by atoms with Crippen LogP contribution < -0.4 is 10.6 Å². The number of nitrogens with one attached hydrogen (secondary N) is 2. The molecule has 1 aromatic heterocycles. The molecule has 2 rings (SSSR count). The fourth-order valence-electron chi connectivity index (χ4n) is 2.01. The standard InChI is InChI=1S/C11H14F4N4O/c1-6-4-19(5-11(13,14)15)18-9(6)17-10(20)8-2-7(12)3-16-8/h4,7-8,16H,2-3,5H2,1H3,(H,17,18,20). The van der Waals surface area contributed by atoms with Crippen LogP contribution in [0, 0.1) is 6.92 Å². The summed E-state index contributed by atoms with van der Waals surface area (Å²) in [6.07, 6.45) is -4.22. The monoisotopic (exact) mass is 294 g/mol. The molecule has 0 radical (unpaired) electrons. The Morgan fingerprint density at radius 1 is 1.60 bits per heavy atom. The summed E-state index contributed by atoms with van der Waals surface area (Å²) in [6, 6.07) is -0.683. The molecule has 2 atom stereocenters. The van der Waals surface area contributed by atoms with Crippen LogP contribution in [-0.4, -0.2) is 40.6 Å². The minimum Gasteiger partial charge on any atom is -0.308 e. The molecule has 1 amide bonds.